The Balaban J connectivity index is 2.83. The first-order valence-corrected chi connectivity index (χ1v) is 5.68. The molecule has 0 aliphatic carbocycles. The minimum Gasteiger partial charge on any atom is -0.443 e. The van der Waals surface area contributed by atoms with Crippen molar-refractivity contribution in [3.05, 3.63) is 24.8 Å². The van der Waals surface area contributed by atoms with Gasteiger partial charge in [-0.3, -0.25) is 4.79 Å². The summed E-state index contributed by atoms with van der Waals surface area (Å²) in [6, 6.07) is -0.274. The Morgan fingerprint density at radius 2 is 2.29 bits per heavy atom. The van der Waals surface area contributed by atoms with Crippen molar-refractivity contribution in [1.29, 1.82) is 0 Å². The van der Waals surface area contributed by atoms with Crippen LogP contribution in [-0.2, 0) is 9.53 Å². The first-order chi connectivity index (χ1) is 7.85. The van der Waals surface area contributed by atoms with Gasteiger partial charge in [-0.15, -0.1) is 6.58 Å². The predicted octanol–water partition coefficient (Wildman–Crippen LogP) is 2.65. The highest BCUT2D eigenvalue weighted by Crippen LogP contribution is 2.19. The summed E-state index contributed by atoms with van der Waals surface area (Å²) in [5, 5.41) is 0. The molecule has 94 valence electrons. The van der Waals surface area contributed by atoms with E-state index in [4.69, 9.17) is 4.74 Å². The van der Waals surface area contributed by atoms with Crippen LogP contribution < -0.4 is 0 Å². The number of carbonyl (C=O) groups is 2. The summed E-state index contributed by atoms with van der Waals surface area (Å²) >= 11 is 0. The first-order valence-electron chi connectivity index (χ1n) is 5.68. The van der Waals surface area contributed by atoms with Gasteiger partial charge in [-0.05, 0) is 27.2 Å². The van der Waals surface area contributed by atoms with E-state index in [9.17, 15) is 9.59 Å². The van der Waals surface area contributed by atoms with Crippen molar-refractivity contribution < 1.29 is 14.3 Å². The number of rotatable bonds is 2. The van der Waals surface area contributed by atoms with Crippen LogP contribution in [0.4, 0.5) is 4.79 Å². The number of imide groups is 1. The topological polar surface area (TPSA) is 46.6 Å². The third-order valence-electron chi connectivity index (χ3n) is 2.25. The largest absolute Gasteiger partial charge is 0.443 e. The van der Waals surface area contributed by atoms with Crippen LogP contribution in [0.1, 0.15) is 33.6 Å². The number of amides is 2. The molecule has 0 radical (unpaired) electrons. The standard InChI is InChI=1S/C13H19NO3/c1-5-7-10-8-6-9-11(15)14(10)12(16)17-13(2,3)4/h5-6,8,10H,1,7,9H2,2-4H3/t10-/m0/s1. The third-order valence-corrected chi connectivity index (χ3v) is 2.25. The molecule has 0 spiro atoms. The van der Waals surface area contributed by atoms with Crippen LogP contribution in [-0.4, -0.2) is 28.5 Å². The lowest BCUT2D eigenvalue weighted by Crippen LogP contribution is -2.47. The molecule has 0 aromatic heterocycles. The highest BCUT2D eigenvalue weighted by Gasteiger charge is 2.32. The second kappa shape index (κ2) is 5.17. The summed E-state index contributed by atoms with van der Waals surface area (Å²) in [6.45, 7) is 8.95. The number of hydrogen-bond donors (Lipinski definition) is 0. The van der Waals surface area contributed by atoms with Gasteiger partial charge in [0.2, 0.25) is 5.91 Å². The van der Waals surface area contributed by atoms with Crippen LogP contribution in [0.25, 0.3) is 0 Å². The fourth-order valence-electron chi connectivity index (χ4n) is 1.60. The fraction of sp³-hybridized carbons (Fsp3) is 0.538. The lowest BCUT2D eigenvalue weighted by Gasteiger charge is -2.32. The minimum atomic E-state index is -0.600. The Hall–Kier alpha value is -1.58. The molecule has 0 unspecified atom stereocenters. The molecule has 17 heavy (non-hydrogen) atoms. The molecule has 4 heteroatoms. The van der Waals surface area contributed by atoms with E-state index in [0.717, 1.165) is 0 Å². The lowest BCUT2D eigenvalue weighted by atomic mass is 10.1. The quantitative estimate of drug-likeness (QED) is 0.694. The van der Waals surface area contributed by atoms with E-state index in [1.165, 1.54) is 4.90 Å². The average Bonchev–Trinajstić information content (AvgIpc) is 2.15. The highest BCUT2D eigenvalue weighted by atomic mass is 16.6. The van der Waals surface area contributed by atoms with Crippen molar-refractivity contribution in [3.8, 4) is 0 Å². The number of ether oxygens (including phenoxy) is 1. The van der Waals surface area contributed by atoms with Crippen LogP contribution in [0.5, 0.6) is 0 Å². The summed E-state index contributed by atoms with van der Waals surface area (Å²) < 4.78 is 5.22. The smallest absolute Gasteiger partial charge is 0.417 e. The zero-order valence-corrected chi connectivity index (χ0v) is 10.6. The van der Waals surface area contributed by atoms with Gasteiger partial charge in [0.05, 0.1) is 6.04 Å². The molecular formula is C13H19NO3. The molecule has 0 fully saturated rings. The summed E-state index contributed by atoms with van der Waals surface area (Å²) in [4.78, 5) is 24.8. The maximum Gasteiger partial charge on any atom is 0.417 e. The summed E-state index contributed by atoms with van der Waals surface area (Å²) in [7, 11) is 0. The first kappa shape index (κ1) is 13.5. The molecule has 2 amide bonds. The minimum absolute atomic E-state index is 0.228. The van der Waals surface area contributed by atoms with Gasteiger partial charge in [-0.1, -0.05) is 18.2 Å². The third kappa shape index (κ3) is 3.73. The molecule has 0 saturated heterocycles. The average molecular weight is 237 g/mol. The number of carbonyl (C=O) groups excluding carboxylic acids is 2. The van der Waals surface area contributed by atoms with E-state index in [2.05, 4.69) is 6.58 Å². The van der Waals surface area contributed by atoms with Crippen molar-refractivity contribution in [2.75, 3.05) is 0 Å². The van der Waals surface area contributed by atoms with E-state index < -0.39 is 11.7 Å². The number of hydrogen-bond acceptors (Lipinski definition) is 3. The Kier molecular flexibility index (Phi) is 4.10. The SMILES string of the molecule is C=CC[C@H]1C=CCC(=O)N1C(=O)OC(C)(C)C. The molecule has 1 aliphatic heterocycles. The maximum absolute atomic E-state index is 11.9. The Labute approximate surface area is 102 Å². The van der Waals surface area contributed by atoms with Gasteiger partial charge in [-0.25, -0.2) is 9.69 Å². The maximum atomic E-state index is 11.9. The van der Waals surface area contributed by atoms with Crippen molar-refractivity contribution in [1.82, 2.24) is 4.90 Å². The monoisotopic (exact) mass is 237 g/mol. The second-order valence-corrected chi connectivity index (χ2v) is 4.97. The van der Waals surface area contributed by atoms with Gasteiger partial charge in [0.15, 0.2) is 0 Å². The Morgan fingerprint density at radius 3 is 2.82 bits per heavy atom. The van der Waals surface area contributed by atoms with Crippen molar-refractivity contribution in [2.24, 2.45) is 0 Å². The van der Waals surface area contributed by atoms with E-state index in [-0.39, 0.29) is 18.4 Å². The molecule has 4 nitrogen and oxygen atoms in total. The summed E-state index contributed by atoms with van der Waals surface area (Å²) in [6.07, 6.45) is 5.50. The fourth-order valence-corrected chi connectivity index (χ4v) is 1.60. The molecule has 0 saturated carbocycles. The molecule has 0 N–H and O–H groups in total. The van der Waals surface area contributed by atoms with E-state index in [1.807, 2.05) is 6.08 Å². The van der Waals surface area contributed by atoms with Crippen LogP contribution in [0, 0.1) is 0 Å². The van der Waals surface area contributed by atoms with E-state index >= 15 is 0 Å². The van der Waals surface area contributed by atoms with Crippen molar-refractivity contribution in [3.63, 3.8) is 0 Å². The van der Waals surface area contributed by atoms with Gasteiger partial charge in [-0.2, -0.15) is 0 Å². The molecule has 0 aromatic rings. The number of nitrogens with zero attached hydrogens (tertiary/aromatic N) is 1. The molecule has 1 aliphatic rings. The molecule has 1 rings (SSSR count). The molecule has 0 bridgehead atoms. The van der Waals surface area contributed by atoms with Gasteiger partial charge >= 0.3 is 6.09 Å². The zero-order valence-electron chi connectivity index (χ0n) is 10.6. The van der Waals surface area contributed by atoms with Crippen molar-refractivity contribution >= 4 is 12.0 Å². The van der Waals surface area contributed by atoms with Gasteiger partial charge < -0.3 is 4.74 Å². The Bertz CT molecular complexity index is 352. The zero-order chi connectivity index (χ0) is 13.1. The second-order valence-electron chi connectivity index (χ2n) is 4.97. The normalized spacial score (nSPS) is 20.3. The van der Waals surface area contributed by atoms with Gasteiger partial charge in [0, 0.05) is 6.42 Å². The van der Waals surface area contributed by atoms with Gasteiger partial charge in [0.1, 0.15) is 5.60 Å². The highest BCUT2D eigenvalue weighted by molar-refractivity contribution is 5.94. The summed E-state index contributed by atoms with van der Waals surface area (Å²) in [5.74, 6) is -0.228. The lowest BCUT2D eigenvalue weighted by molar-refractivity contribution is -0.131. The molecule has 1 atom stereocenters. The van der Waals surface area contributed by atoms with Crippen LogP contribution in [0.3, 0.4) is 0 Å². The van der Waals surface area contributed by atoms with E-state index in [1.54, 1.807) is 32.9 Å². The molecule has 0 aromatic carbocycles. The summed E-state index contributed by atoms with van der Waals surface area (Å²) in [5.41, 5.74) is -0.600. The van der Waals surface area contributed by atoms with Crippen molar-refractivity contribution in [2.45, 2.75) is 45.3 Å². The van der Waals surface area contributed by atoms with Crippen LogP contribution in [0.15, 0.2) is 24.8 Å². The predicted molar refractivity (Wildman–Crippen MR) is 65.4 cm³/mol. The van der Waals surface area contributed by atoms with Crippen LogP contribution >= 0.6 is 0 Å². The van der Waals surface area contributed by atoms with Crippen LogP contribution in [0.2, 0.25) is 0 Å². The Morgan fingerprint density at radius 1 is 1.65 bits per heavy atom. The molecule has 1 heterocycles. The van der Waals surface area contributed by atoms with E-state index in [0.29, 0.717) is 6.42 Å². The van der Waals surface area contributed by atoms with Gasteiger partial charge in [0.25, 0.3) is 0 Å². The molecular weight excluding hydrogens is 218 g/mol.